The van der Waals surface area contributed by atoms with Crippen molar-refractivity contribution in [3.05, 3.63) is 0 Å². The third kappa shape index (κ3) is 6.32. The molecule has 0 radical (unpaired) electrons. The molecule has 0 aromatic heterocycles. The maximum Gasteiger partial charge on any atom is 0.237 e. The van der Waals surface area contributed by atoms with Crippen LogP contribution in [0.5, 0.6) is 0 Å². The summed E-state index contributed by atoms with van der Waals surface area (Å²) in [5, 5.41) is 0. The molecular formula is C16H33N3O2. The highest BCUT2D eigenvalue weighted by atomic mass is 16.5. The van der Waals surface area contributed by atoms with Crippen LogP contribution in [-0.2, 0) is 9.53 Å². The molecule has 1 rings (SSSR count). The van der Waals surface area contributed by atoms with Crippen LogP contribution in [0.25, 0.3) is 0 Å². The molecule has 2 N–H and O–H groups in total. The van der Waals surface area contributed by atoms with Gasteiger partial charge in [-0.05, 0) is 53.5 Å². The number of nitrogens with zero attached hydrogens (tertiary/aromatic N) is 2. The van der Waals surface area contributed by atoms with Gasteiger partial charge in [-0.25, -0.2) is 0 Å². The second-order valence-electron chi connectivity index (χ2n) is 6.48. The van der Waals surface area contributed by atoms with Gasteiger partial charge in [-0.2, -0.15) is 0 Å². The van der Waals surface area contributed by atoms with Crippen molar-refractivity contribution >= 4 is 5.91 Å². The Bertz CT molecular complexity index is 292. The van der Waals surface area contributed by atoms with E-state index in [0.29, 0.717) is 19.2 Å². The lowest BCUT2D eigenvalue weighted by Gasteiger charge is -2.35. The van der Waals surface area contributed by atoms with Gasteiger partial charge < -0.3 is 15.4 Å². The highest BCUT2D eigenvalue weighted by molar-refractivity contribution is 5.78. The lowest BCUT2D eigenvalue weighted by Crippen LogP contribution is -2.49. The third-order valence-corrected chi connectivity index (χ3v) is 4.00. The smallest absolute Gasteiger partial charge is 0.237 e. The summed E-state index contributed by atoms with van der Waals surface area (Å²) in [6, 6.07) is 0.518. The lowest BCUT2D eigenvalue weighted by atomic mass is 10.1. The van der Waals surface area contributed by atoms with Crippen LogP contribution in [0.15, 0.2) is 0 Å². The molecule has 1 aliphatic rings. The van der Waals surface area contributed by atoms with Crippen molar-refractivity contribution in [1.82, 2.24) is 9.80 Å². The summed E-state index contributed by atoms with van der Waals surface area (Å²) in [4.78, 5) is 16.7. The van der Waals surface area contributed by atoms with Crippen LogP contribution >= 0.6 is 0 Å². The van der Waals surface area contributed by atoms with Crippen LogP contribution in [-0.4, -0.2) is 66.7 Å². The number of hydrogen-bond acceptors (Lipinski definition) is 4. The first-order valence-electron chi connectivity index (χ1n) is 8.30. The van der Waals surface area contributed by atoms with Crippen molar-refractivity contribution in [2.24, 2.45) is 5.73 Å². The molecule has 21 heavy (non-hydrogen) atoms. The number of hydrogen-bond donors (Lipinski definition) is 1. The van der Waals surface area contributed by atoms with E-state index in [0.717, 1.165) is 39.0 Å². The first-order valence-corrected chi connectivity index (χ1v) is 8.30. The molecule has 0 unspecified atom stereocenters. The number of nitrogens with two attached hydrogens (primary N) is 1. The molecule has 1 saturated heterocycles. The summed E-state index contributed by atoms with van der Waals surface area (Å²) in [7, 11) is 0. The van der Waals surface area contributed by atoms with Crippen molar-refractivity contribution in [1.29, 1.82) is 0 Å². The summed E-state index contributed by atoms with van der Waals surface area (Å²) in [5.74, 6) is 0.238. The van der Waals surface area contributed by atoms with E-state index in [4.69, 9.17) is 10.5 Å². The van der Waals surface area contributed by atoms with Gasteiger partial charge in [0.05, 0.1) is 12.6 Å². The predicted octanol–water partition coefficient (Wildman–Crippen LogP) is 1.46. The van der Waals surface area contributed by atoms with Gasteiger partial charge in [0.2, 0.25) is 5.91 Å². The molecule has 1 heterocycles. The summed E-state index contributed by atoms with van der Waals surface area (Å²) < 4.78 is 5.80. The summed E-state index contributed by atoms with van der Waals surface area (Å²) >= 11 is 0. The Hall–Kier alpha value is -0.650. The number of piperidine rings is 1. The summed E-state index contributed by atoms with van der Waals surface area (Å²) in [6.07, 6.45) is 3.30. The van der Waals surface area contributed by atoms with Gasteiger partial charge in [0.15, 0.2) is 0 Å². The zero-order valence-corrected chi connectivity index (χ0v) is 14.2. The van der Waals surface area contributed by atoms with Crippen molar-refractivity contribution in [3.63, 3.8) is 0 Å². The molecule has 0 saturated carbocycles. The number of amides is 1. The Kier molecular flexibility index (Phi) is 8.22. The lowest BCUT2D eigenvalue weighted by molar-refractivity contribution is -0.136. The number of ether oxygens (including phenoxy) is 1. The van der Waals surface area contributed by atoms with Crippen LogP contribution in [0.3, 0.4) is 0 Å². The molecule has 0 spiro atoms. The van der Waals surface area contributed by atoms with Gasteiger partial charge in [0, 0.05) is 31.8 Å². The number of carbonyl (C=O) groups excluding carboxylic acids is 1. The standard InChI is InChI=1S/C16H33N3O2/c1-13(2)19(14(3)4)16(20)12-18-9-6-15(7-10-18)21-11-5-8-17/h13-15H,5-12,17H2,1-4H3. The molecule has 0 aromatic rings. The molecule has 5 nitrogen and oxygen atoms in total. The van der Waals surface area contributed by atoms with Gasteiger partial charge in [-0.3, -0.25) is 9.69 Å². The van der Waals surface area contributed by atoms with E-state index in [-0.39, 0.29) is 18.0 Å². The Morgan fingerprint density at radius 3 is 2.29 bits per heavy atom. The predicted molar refractivity (Wildman–Crippen MR) is 86.2 cm³/mol. The highest BCUT2D eigenvalue weighted by Gasteiger charge is 2.25. The summed E-state index contributed by atoms with van der Waals surface area (Å²) in [6.45, 7) is 12.2. The van der Waals surface area contributed by atoms with Gasteiger partial charge >= 0.3 is 0 Å². The molecule has 0 aromatic carbocycles. The summed E-state index contributed by atoms with van der Waals surface area (Å²) in [5.41, 5.74) is 5.47. The molecule has 1 fully saturated rings. The Labute approximate surface area is 129 Å². The molecule has 1 aliphatic heterocycles. The molecule has 124 valence electrons. The fourth-order valence-electron chi connectivity index (χ4n) is 3.01. The molecular weight excluding hydrogens is 266 g/mol. The van der Waals surface area contributed by atoms with E-state index < -0.39 is 0 Å². The topological polar surface area (TPSA) is 58.8 Å². The average molecular weight is 299 g/mol. The first-order chi connectivity index (χ1) is 9.95. The fraction of sp³-hybridized carbons (Fsp3) is 0.938. The zero-order valence-electron chi connectivity index (χ0n) is 14.2. The van der Waals surface area contributed by atoms with E-state index in [1.54, 1.807) is 0 Å². The molecule has 0 bridgehead atoms. The minimum atomic E-state index is 0.238. The molecule has 5 heteroatoms. The first kappa shape index (κ1) is 18.4. The Balaban J connectivity index is 2.33. The number of carbonyl (C=O) groups is 1. The van der Waals surface area contributed by atoms with E-state index in [2.05, 4.69) is 32.6 Å². The Morgan fingerprint density at radius 2 is 1.81 bits per heavy atom. The monoisotopic (exact) mass is 299 g/mol. The van der Waals surface area contributed by atoms with Crippen molar-refractivity contribution in [2.75, 3.05) is 32.8 Å². The van der Waals surface area contributed by atoms with Crippen LogP contribution in [0, 0.1) is 0 Å². The van der Waals surface area contributed by atoms with Crippen molar-refractivity contribution in [2.45, 2.75) is 65.1 Å². The number of rotatable bonds is 8. The van der Waals surface area contributed by atoms with E-state index >= 15 is 0 Å². The Morgan fingerprint density at radius 1 is 1.24 bits per heavy atom. The van der Waals surface area contributed by atoms with Crippen LogP contribution < -0.4 is 5.73 Å². The maximum atomic E-state index is 12.4. The zero-order chi connectivity index (χ0) is 15.8. The normalized spacial score (nSPS) is 17.7. The van der Waals surface area contributed by atoms with Crippen LogP contribution in [0.1, 0.15) is 47.0 Å². The van der Waals surface area contributed by atoms with E-state index in [9.17, 15) is 4.79 Å². The van der Waals surface area contributed by atoms with Crippen LogP contribution in [0.2, 0.25) is 0 Å². The molecule has 0 aliphatic carbocycles. The van der Waals surface area contributed by atoms with Gasteiger partial charge in [-0.15, -0.1) is 0 Å². The minimum Gasteiger partial charge on any atom is -0.378 e. The largest absolute Gasteiger partial charge is 0.378 e. The van der Waals surface area contributed by atoms with Crippen molar-refractivity contribution < 1.29 is 9.53 Å². The SMILES string of the molecule is CC(C)N(C(=O)CN1CCC(OCCCN)CC1)C(C)C. The quantitative estimate of drug-likeness (QED) is 0.689. The molecule has 1 amide bonds. The molecule has 0 atom stereocenters. The van der Waals surface area contributed by atoms with E-state index in [1.165, 1.54) is 0 Å². The number of likely N-dealkylation sites (tertiary alicyclic amines) is 1. The minimum absolute atomic E-state index is 0.238. The van der Waals surface area contributed by atoms with E-state index in [1.807, 2.05) is 4.90 Å². The van der Waals surface area contributed by atoms with Gasteiger partial charge in [0.1, 0.15) is 0 Å². The second kappa shape index (κ2) is 9.38. The fourth-order valence-corrected chi connectivity index (χ4v) is 3.01. The highest BCUT2D eigenvalue weighted by Crippen LogP contribution is 2.15. The van der Waals surface area contributed by atoms with Gasteiger partial charge in [0.25, 0.3) is 0 Å². The second-order valence-corrected chi connectivity index (χ2v) is 6.48. The average Bonchev–Trinajstić information content (AvgIpc) is 2.40. The maximum absolute atomic E-state index is 12.4. The van der Waals surface area contributed by atoms with Crippen LogP contribution in [0.4, 0.5) is 0 Å². The van der Waals surface area contributed by atoms with Gasteiger partial charge in [-0.1, -0.05) is 0 Å². The van der Waals surface area contributed by atoms with Crippen molar-refractivity contribution in [3.8, 4) is 0 Å². The third-order valence-electron chi connectivity index (χ3n) is 4.00.